The fraction of sp³-hybridized carbons (Fsp3) is 0.0526. The summed E-state index contributed by atoms with van der Waals surface area (Å²) in [5, 5.41) is 0. The van der Waals surface area contributed by atoms with Crippen molar-refractivity contribution in [3.8, 4) is 17.2 Å². The highest BCUT2D eigenvalue weighted by atomic mass is 16.5. The maximum atomic E-state index is 5.87. The molecule has 2 heteroatoms. The van der Waals surface area contributed by atoms with Crippen LogP contribution in [0.1, 0.15) is 5.56 Å². The van der Waals surface area contributed by atoms with Crippen LogP contribution in [-0.2, 0) is 6.61 Å². The molecule has 104 valence electrons. The minimum Gasteiger partial charge on any atom is -0.485 e. The summed E-state index contributed by atoms with van der Waals surface area (Å²) in [5.41, 5.74) is 1.13. The second-order valence-electron chi connectivity index (χ2n) is 4.64. The molecule has 3 rings (SSSR count). The van der Waals surface area contributed by atoms with E-state index in [1.54, 1.807) is 0 Å². The molecule has 0 N–H and O–H groups in total. The molecule has 0 bridgehead atoms. The summed E-state index contributed by atoms with van der Waals surface area (Å²) < 4.78 is 11.7. The molecule has 0 saturated carbocycles. The van der Waals surface area contributed by atoms with Crippen molar-refractivity contribution in [2.75, 3.05) is 0 Å². The lowest BCUT2D eigenvalue weighted by atomic mass is 10.2. The summed E-state index contributed by atoms with van der Waals surface area (Å²) in [6.45, 7) is 0.524. The summed E-state index contributed by atoms with van der Waals surface area (Å²) in [6, 6.07) is 27.5. The predicted molar refractivity (Wildman–Crippen MR) is 83.7 cm³/mol. The van der Waals surface area contributed by atoms with E-state index in [-0.39, 0.29) is 0 Å². The molecule has 0 aliphatic carbocycles. The van der Waals surface area contributed by atoms with Crippen LogP contribution in [0.3, 0.4) is 0 Å². The maximum Gasteiger partial charge on any atom is 0.169 e. The first kappa shape index (κ1) is 13.3. The molecule has 0 amide bonds. The Kier molecular flexibility index (Phi) is 4.18. The highest BCUT2D eigenvalue weighted by molar-refractivity contribution is 5.42. The van der Waals surface area contributed by atoms with Crippen LogP contribution in [0.15, 0.2) is 84.9 Å². The molecule has 0 fully saturated rings. The van der Waals surface area contributed by atoms with Gasteiger partial charge in [-0.1, -0.05) is 60.7 Å². The first-order valence-electron chi connectivity index (χ1n) is 6.90. The standard InChI is InChI=1S/C19H16O2/c1-3-9-16(10-4-1)15-20-18-13-7-8-14-19(18)21-17-11-5-2-6-12-17/h1-14H,15H2. The Morgan fingerprint density at radius 2 is 1.14 bits per heavy atom. The summed E-state index contributed by atoms with van der Waals surface area (Å²) in [4.78, 5) is 0. The Hall–Kier alpha value is -2.74. The van der Waals surface area contributed by atoms with Gasteiger partial charge in [-0.05, 0) is 29.8 Å². The number of hydrogen-bond donors (Lipinski definition) is 0. The van der Waals surface area contributed by atoms with Crippen molar-refractivity contribution in [3.05, 3.63) is 90.5 Å². The van der Waals surface area contributed by atoms with Crippen LogP contribution < -0.4 is 9.47 Å². The van der Waals surface area contributed by atoms with Crippen molar-refractivity contribution in [3.63, 3.8) is 0 Å². The predicted octanol–water partition coefficient (Wildman–Crippen LogP) is 5.06. The molecule has 0 saturated heterocycles. The number of hydrogen-bond acceptors (Lipinski definition) is 2. The topological polar surface area (TPSA) is 18.5 Å². The molecule has 0 aliphatic rings. The molecule has 0 spiro atoms. The molecule has 0 radical (unpaired) electrons. The first-order valence-corrected chi connectivity index (χ1v) is 6.90. The van der Waals surface area contributed by atoms with E-state index in [4.69, 9.17) is 9.47 Å². The van der Waals surface area contributed by atoms with Crippen LogP contribution in [0.25, 0.3) is 0 Å². The minimum atomic E-state index is 0.524. The third-order valence-corrected chi connectivity index (χ3v) is 3.06. The van der Waals surface area contributed by atoms with Gasteiger partial charge in [0.2, 0.25) is 0 Å². The Balaban J connectivity index is 1.73. The molecular formula is C19H16O2. The van der Waals surface area contributed by atoms with E-state index < -0.39 is 0 Å². The van der Waals surface area contributed by atoms with Crippen molar-refractivity contribution >= 4 is 0 Å². The highest BCUT2D eigenvalue weighted by Crippen LogP contribution is 2.31. The largest absolute Gasteiger partial charge is 0.485 e. The average Bonchev–Trinajstić information content (AvgIpc) is 2.56. The van der Waals surface area contributed by atoms with E-state index in [0.29, 0.717) is 6.61 Å². The Bertz CT molecular complexity index is 678. The fourth-order valence-corrected chi connectivity index (χ4v) is 2.00. The molecule has 21 heavy (non-hydrogen) atoms. The molecule has 0 atom stereocenters. The molecule has 2 nitrogen and oxygen atoms in total. The van der Waals surface area contributed by atoms with Gasteiger partial charge in [0.25, 0.3) is 0 Å². The molecule has 0 unspecified atom stereocenters. The number of para-hydroxylation sites is 3. The Morgan fingerprint density at radius 1 is 0.571 bits per heavy atom. The quantitative estimate of drug-likeness (QED) is 0.648. The van der Waals surface area contributed by atoms with E-state index in [1.165, 1.54) is 0 Å². The van der Waals surface area contributed by atoms with Gasteiger partial charge in [-0.2, -0.15) is 0 Å². The summed E-state index contributed by atoms with van der Waals surface area (Å²) in [7, 11) is 0. The van der Waals surface area contributed by atoms with Crippen molar-refractivity contribution in [2.24, 2.45) is 0 Å². The number of rotatable bonds is 5. The van der Waals surface area contributed by atoms with Gasteiger partial charge in [-0.25, -0.2) is 0 Å². The van der Waals surface area contributed by atoms with Gasteiger partial charge < -0.3 is 9.47 Å². The van der Waals surface area contributed by atoms with Gasteiger partial charge in [0.1, 0.15) is 12.4 Å². The Morgan fingerprint density at radius 3 is 1.86 bits per heavy atom. The second kappa shape index (κ2) is 6.62. The van der Waals surface area contributed by atoms with Gasteiger partial charge in [0.05, 0.1) is 0 Å². The smallest absolute Gasteiger partial charge is 0.169 e. The van der Waals surface area contributed by atoms with Gasteiger partial charge in [-0.15, -0.1) is 0 Å². The van der Waals surface area contributed by atoms with Gasteiger partial charge in [0, 0.05) is 0 Å². The lowest BCUT2D eigenvalue weighted by Crippen LogP contribution is -1.97. The zero-order valence-electron chi connectivity index (χ0n) is 11.6. The van der Waals surface area contributed by atoms with Crippen molar-refractivity contribution in [1.82, 2.24) is 0 Å². The lowest BCUT2D eigenvalue weighted by molar-refractivity contribution is 0.291. The Labute approximate surface area is 124 Å². The van der Waals surface area contributed by atoms with E-state index in [2.05, 4.69) is 0 Å². The SMILES string of the molecule is c1ccc(COc2ccccc2Oc2ccccc2)cc1. The van der Waals surface area contributed by atoms with E-state index in [1.807, 2.05) is 84.9 Å². The maximum absolute atomic E-state index is 5.87. The molecule has 3 aromatic carbocycles. The summed E-state index contributed by atoms with van der Waals surface area (Å²) in [6.07, 6.45) is 0. The van der Waals surface area contributed by atoms with Crippen LogP contribution in [0.5, 0.6) is 17.2 Å². The van der Waals surface area contributed by atoms with Crippen LogP contribution >= 0.6 is 0 Å². The zero-order valence-corrected chi connectivity index (χ0v) is 11.6. The zero-order chi connectivity index (χ0) is 14.3. The number of benzene rings is 3. The van der Waals surface area contributed by atoms with Gasteiger partial charge in [-0.3, -0.25) is 0 Å². The highest BCUT2D eigenvalue weighted by Gasteiger charge is 2.05. The van der Waals surface area contributed by atoms with Crippen molar-refractivity contribution < 1.29 is 9.47 Å². The molecule has 0 aromatic heterocycles. The fourth-order valence-electron chi connectivity index (χ4n) is 2.00. The van der Waals surface area contributed by atoms with E-state index in [0.717, 1.165) is 22.8 Å². The lowest BCUT2D eigenvalue weighted by Gasteiger charge is -2.12. The van der Waals surface area contributed by atoms with Gasteiger partial charge >= 0.3 is 0 Å². The van der Waals surface area contributed by atoms with Crippen LogP contribution in [-0.4, -0.2) is 0 Å². The number of ether oxygens (including phenoxy) is 2. The molecule has 3 aromatic rings. The van der Waals surface area contributed by atoms with Crippen LogP contribution in [0.4, 0.5) is 0 Å². The third kappa shape index (κ3) is 3.63. The summed E-state index contributed by atoms with van der Waals surface area (Å²) in [5.74, 6) is 2.26. The second-order valence-corrected chi connectivity index (χ2v) is 4.64. The third-order valence-electron chi connectivity index (χ3n) is 3.06. The minimum absolute atomic E-state index is 0.524. The molecular weight excluding hydrogens is 260 g/mol. The van der Waals surface area contributed by atoms with E-state index >= 15 is 0 Å². The van der Waals surface area contributed by atoms with E-state index in [9.17, 15) is 0 Å². The monoisotopic (exact) mass is 276 g/mol. The van der Waals surface area contributed by atoms with Crippen molar-refractivity contribution in [2.45, 2.75) is 6.61 Å². The van der Waals surface area contributed by atoms with Gasteiger partial charge in [0.15, 0.2) is 11.5 Å². The normalized spacial score (nSPS) is 10.1. The molecule has 0 aliphatic heterocycles. The first-order chi connectivity index (χ1) is 10.4. The molecule has 0 heterocycles. The van der Waals surface area contributed by atoms with Crippen molar-refractivity contribution in [1.29, 1.82) is 0 Å². The average molecular weight is 276 g/mol. The summed E-state index contributed by atoms with van der Waals surface area (Å²) >= 11 is 0. The van der Waals surface area contributed by atoms with Crippen LogP contribution in [0, 0.1) is 0 Å². The van der Waals surface area contributed by atoms with Crippen LogP contribution in [0.2, 0.25) is 0 Å².